The van der Waals surface area contributed by atoms with E-state index in [-0.39, 0.29) is 17.4 Å². The van der Waals surface area contributed by atoms with Gasteiger partial charge in [-0.1, -0.05) is 17.8 Å². The van der Waals surface area contributed by atoms with Crippen molar-refractivity contribution >= 4 is 40.5 Å². The Morgan fingerprint density at radius 2 is 1.96 bits per heavy atom. The molecule has 6 nitrogen and oxygen atoms in total. The fourth-order valence-electron chi connectivity index (χ4n) is 2.35. The molecule has 0 aliphatic rings. The molecule has 0 atom stereocenters. The van der Waals surface area contributed by atoms with Gasteiger partial charge in [0.25, 0.3) is 0 Å². The zero-order valence-electron chi connectivity index (χ0n) is 14.4. The molecule has 0 saturated heterocycles. The van der Waals surface area contributed by atoms with Crippen LogP contribution >= 0.6 is 23.1 Å². The van der Waals surface area contributed by atoms with E-state index in [1.165, 1.54) is 23.6 Å². The molecular weight excluding hydrogens is 368 g/mol. The van der Waals surface area contributed by atoms with E-state index in [0.29, 0.717) is 11.3 Å². The summed E-state index contributed by atoms with van der Waals surface area (Å²) < 4.78 is 1.93. The Morgan fingerprint density at radius 1 is 1.19 bits per heavy atom. The van der Waals surface area contributed by atoms with E-state index in [2.05, 4.69) is 21.6 Å². The van der Waals surface area contributed by atoms with Gasteiger partial charge in [-0.3, -0.25) is 9.59 Å². The van der Waals surface area contributed by atoms with Crippen molar-refractivity contribution in [1.29, 1.82) is 0 Å². The predicted molar refractivity (Wildman–Crippen MR) is 104 cm³/mol. The third-order valence-electron chi connectivity index (χ3n) is 3.70. The highest BCUT2D eigenvalue weighted by Gasteiger charge is 2.13. The van der Waals surface area contributed by atoms with Crippen LogP contribution in [0.25, 0.3) is 0 Å². The largest absolute Gasteiger partial charge is 0.326 e. The normalized spacial score (nSPS) is 10.7. The van der Waals surface area contributed by atoms with Crippen LogP contribution in [-0.2, 0) is 18.3 Å². The van der Waals surface area contributed by atoms with Gasteiger partial charge < -0.3 is 9.88 Å². The number of aromatic nitrogens is 3. The molecule has 8 heteroatoms. The maximum Gasteiger partial charge on any atom is 0.221 e. The Labute approximate surface area is 159 Å². The molecule has 0 spiro atoms. The van der Waals surface area contributed by atoms with Crippen molar-refractivity contribution < 1.29 is 9.59 Å². The van der Waals surface area contributed by atoms with Crippen LogP contribution in [0, 0.1) is 0 Å². The lowest BCUT2D eigenvalue weighted by atomic mass is 10.1. The van der Waals surface area contributed by atoms with Crippen LogP contribution < -0.4 is 5.32 Å². The van der Waals surface area contributed by atoms with E-state index < -0.39 is 0 Å². The molecule has 134 valence electrons. The number of nitrogens with zero attached hydrogens (tertiary/aromatic N) is 3. The molecule has 0 fully saturated rings. The topological polar surface area (TPSA) is 76.9 Å². The lowest BCUT2D eigenvalue weighted by Gasteiger charge is -2.05. The first-order valence-electron chi connectivity index (χ1n) is 7.97. The number of benzene rings is 1. The first-order chi connectivity index (χ1) is 12.5. The van der Waals surface area contributed by atoms with Crippen molar-refractivity contribution in [2.24, 2.45) is 7.05 Å². The summed E-state index contributed by atoms with van der Waals surface area (Å²) in [6.45, 7) is 1.45. The zero-order chi connectivity index (χ0) is 18.5. The van der Waals surface area contributed by atoms with E-state index in [4.69, 9.17) is 0 Å². The third kappa shape index (κ3) is 4.59. The predicted octanol–water partition coefficient (Wildman–Crippen LogP) is 3.40. The highest BCUT2D eigenvalue weighted by Crippen LogP contribution is 2.20. The van der Waals surface area contributed by atoms with Gasteiger partial charge in [0.05, 0.1) is 5.75 Å². The quantitative estimate of drug-likeness (QED) is 0.497. The van der Waals surface area contributed by atoms with E-state index in [9.17, 15) is 9.59 Å². The van der Waals surface area contributed by atoms with E-state index >= 15 is 0 Å². The van der Waals surface area contributed by atoms with Crippen molar-refractivity contribution in [1.82, 2.24) is 14.8 Å². The Balaban J connectivity index is 1.59. The zero-order valence-corrected chi connectivity index (χ0v) is 16.1. The van der Waals surface area contributed by atoms with Gasteiger partial charge in [-0.25, -0.2) is 0 Å². The van der Waals surface area contributed by atoms with Crippen molar-refractivity contribution in [2.45, 2.75) is 18.5 Å². The fraction of sp³-hybridized carbons (Fsp3) is 0.222. The second-order valence-electron chi connectivity index (χ2n) is 5.68. The first kappa shape index (κ1) is 18.3. The summed E-state index contributed by atoms with van der Waals surface area (Å²) in [5.41, 5.74) is 1.28. The summed E-state index contributed by atoms with van der Waals surface area (Å²) >= 11 is 3.06. The maximum atomic E-state index is 12.4. The summed E-state index contributed by atoms with van der Waals surface area (Å²) in [6.07, 6.45) is 0.736. The number of thioether (sulfide) groups is 1. The molecule has 0 unspecified atom stereocenters. The van der Waals surface area contributed by atoms with Crippen LogP contribution in [0.2, 0.25) is 0 Å². The number of nitrogens with one attached hydrogen (secondary N) is 1. The molecule has 1 amide bonds. The van der Waals surface area contributed by atoms with E-state index in [0.717, 1.165) is 17.4 Å². The summed E-state index contributed by atoms with van der Waals surface area (Å²) in [7, 11) is 1.91. The van der Waals surface area contributed by atoms with Gasteiger partial charge in [0.1, 0.15) is 5.82 Å². The average molecular weight is 387 g/mol. The highest BCUT2D eigenvalue weighted by atomic mass is 32.2. The lowest BCUT2D eigenvalue weighted by Crippen LogP contribution is -2.07. The first-order valence-corrected chi connectivity index (χ1v) is 9.84. The molecule has 1 aromatic carbocycles. The summed E-state index contributed by atoms with van der Waals surface area (Å²) in [6, 6.07) is 11.0. The Hall–Kier alpha value is -2.45. The van der Waals surface area contributed by atoms with Crippen LogP contribution in [-0.4, -0.2) is 32.2 Å². The number of thiophene rings is 1. The van der Waals surface area contributed by atoms with Crippen molar-refractivity contribution in [3.05, 3.63) is 58.0 Å². The number of amides is 1. The summed E-state index contributed by atoms with van der Waals surface area (Å²) in [4.78, 5) is 24.6. The molecule has 3 aromatic rings. The number of rotatable bonds is 7. The van der Waals surface area contributed by atoms with Gasteiger partial charge in [-0.2, -0.15) is 0 Å². The van der Waals surface area contributed by atoms with Crippen LogP contribution in [0.5, 0.6) is 0 Å². The summed E-state index contributed by atoms with van der Waals surface area (Å²) in [5, 5.41) is 13.9. The third-order valence-corrected chi connectivity index (χ3v) is 5.59. The summed E-state index contributed by atoms with van der Waals surface area (Å²) in [5.74, 6) is 1.03. The standard InChI is InChI=1S/C18H18N4O2S2/c1-12(23)19-14-7-5-13(6-8-14)16(24)11-26-18-21-20-17(22(18)2)10-15-4-3-9-25-15/h3-9H,10-11H2,1-2H3,(H,19,23). The molecule has 1 N–H and O–H groups in total. The fourth-order valence-corrected chi connectivity index (χ4v) is 3.88. The molecule has 2 heterocycles. The second-order valence-corrected chi connectivity index (χ2v) is 7.66. The Morgan fingerprint density at radius 3 is 2.62 bits per heavy atom. The van der Waals surface area contributed by atoms with Crippen LogP contribution in [0.3, 0.4) is 0 Å². The van der Waals surface area contributed by atoms with Gasteiger partial charge in [-0.05, 0) is 35.7 Å². The number of Topliss-reactive ketones (excluding diaryl/α,β-unsaturated/α-hetero) is 1. The lowest BCUT2D eigenvalue weighted by molar-refractivity contribution is -0.114. The number of ketones is 1. The van der Waals surface area contributed by atoms with Crippen LogP contribution in [0.4, 0.5) is 5.69 Å². The average Bonchev–Trinajstić information content (AvgIpc) is 3.24. The molecule has 26 heavy (non-hydrogen) atoms. The molecule has 3 rings (SSSR count). The van der Waals surface area contributed by atoms with Gasteiger partial charge in [-0.15, -0.1) is 21.5 Å². The smallest absolute Gasteiger partial charge is 0.221 e. The monoisotopic (exact) mass is 386 g/mol. The molecule has 0 aliphatic carbocycles. The SMILES string of the molecule is CC(=O)Nc1ccc(C(=O)CSc2nnc(Cc3cccs3)n2C)cc1. The minimum Gasteiger partial charge on any atom is -0.326 e. The number of carbonyl (C=O) groups is 2. The van der Waals surface area contributed by atoms with Crippen molar-refractivity contribution in [2.75, 3.05) is 11.1 Å². The highest BCUT2D eigenvalue weighted by molar-refractivity contribution is 7.99. The number of hydrogen-bond acceptors (Lipinski definition) is 6. The van der Waals surface area contributed by atoms with Crippen LogP contribution in [0.15, 0.2) is 46.9 Å². The Kier molecular flexibility index (Phi) is 5.85. The van der Waals surface area contributed by atoms with Gasteiger partial charge in [0.2, 0.25) is 5.91 Å². The van der Waals surface area contributed by atoms with Gasteiger partial charge >= 0.3 is 0 Å². The van der Waals surface area contributed by atoms with E-state index in [1.54, 1.807) is 35.6 Å². The molecular formula is C18H18N4O2S2. The van der Waals surface area contributed by atoms with Gasteiger partial charge in [0, 0.05) is 36.5 Å². The molecule has 0 radical (unpaired) electrons. The Bertz CT molecular complexity index is 902. The van der Waals surface area contributed by atoms with E-state index in [1.807, 2.05) is 23.1 Å². The molecule has 2 aromatic heterocycles. The second kappa shape index (κ2) is 8.29. The minimum absolute atomic E-state index is 0.00665. The molecule has 0 bridgehead atoms. The number of anilines is 1. The van der Waals surface area contributed by atoms with Crippen molar-refractivity contribution in [3.8, 4) is 0 Å². The van der Waals surface area contributed by atoms with Gasteiger partial charge in [0.15, 0.2) is 10.9 Å². The molecule has 0 aliphatic heterocycles. The van der Waals surface area contributed by atoms with Crippen LogP contribution in [0.1, 0.15) is 28.0 Å². The number of carbonyl (C=O) groups excluding carboxylic acids is 2. The number of hydrogen-bond donors (Lipinski definition) is 1. The van der Waals surface area contributed by atoms with Crippen molar-refractivity contribution in [3.63, 3.8) is 0 Å². The minimum atomic E-state index is -0.139. The maximum absolute atomic E-state index is 12.4. The molecule has 0 saturated carbocycles.